The van der Waals surface area contributed by atoms with Crippen molar-refractivity contribution in [3.8, 4) is 33.6 Å². The summed E-state index contributed by atoms with van der Waals surface area (Å²) >= 11 is 0. The monoisotopic (exact) mass is 818 g/mol. The third-order valence-corrected chi connectivity index (χ3v) is 17.9. The summed E-state index contributed by atoms with van der Waals surface area (Å²) in [5.41, 5.74) is 11.9. The molecule has 296 valence electrons. The van der Waals surface area contributed by atoms with Gasteiger partial charge in [-0.1, -0.05) is 212 Å². The van der Waals surface area contributed by atoms with Gasteiger partial charge in [-0.2, -0.15) is 0 Å². The Morgan fingerprint density at radius 3 is 1.29 bits per heavy atom. The van der Waals surface area contributed by atoms with Crippen molar-refractivity contribution in [2.45, 2.75) is 0 Å². The van der Waals surface area contributed by atoms with Crippen molar-refractivity contribution in [1.29, 1.82) is 0 Å². The normalized spacial score (nSPS) is 11.8. The molecule has 63 heavy (non-hydrogen) atoms. The van der Waals surface area contributed by atoms with E-state index in [9.17, 15) is 0 Å². The number of fused-ring (bicyclic) bond motifs is 6. The number of nitrogens with zero attached hydrogens (tertiary/aromatic N) is 2. The fourth-order valence-corrected chi connectivity index (χ4v) is 15.4. The Hall–Kier alpha value is -7.98. The van der Waals surface area contributed by atoms with E-state index in [0.717, 1.165) is 11.4 Å². The van der Waals surface area contributed by atoms with Crippen molar-refractivity contribution in [1.82, 2.24) is 9.13 Å². The van der Waals surface area contributed by atoms with Crippen molar-refractivity contribution in [3.05, 3.63) is 255 Å². The summed E-state index contributed by atoms with van der Waals surface area (Å²) in [4.78, 5) is 0. The van der Waals surface area contributed by atoms with Gasteiger partial charge in [0.15, 0.2) is 8.07 Å². The van der Waals surface area contributed by atoms with Gasteiger partial charge in [-0.05, 0) is 85.5 Å². The Bertz CT molecular complexity index is 3500. The van der Waals surface area contributed by atoms with E-state index < -0.39 is 8.07 Å². The van der Waals surface area contributed by atoms with Crippen molar-refractivity contribution in [2.75, 3.05) is 0 Å². The molecule has 0 N–H and O–H groups in total. The van der Waals surface area contributed by atoms with Crippen LogP contribution >= 0.6 is 0 Å². The van der Waals surface area contributed by atoms with Crippen LogP contribution in [0.1, 0.15) is 0 Å². The van der Waals surface area contributed by atoms with E-state index >= 15 is 0 Å². The number of para-hydroxylation sites is 3. The molecule has 0 aliphatic carbocycles. The second-order valence-electron chi connectivity index (χ2n) is 16.4. The van der Waals surface area contributed by atoms with Gasteiger partial charge >= 0.3 is 0 Å². The molecule has 0 radical (unpaired) electrons. The van der Waals surface area contributed by atoms with E-state index in [1.807, 2.05) is 0 Å². The highest BCUT2D eigenvalue weighted by Crippen LogP contribution is 2.40. The smallest absolute Gasteiger partial charge is 0.181 e. The molecule has 10 aromatic carbocycles. The van der Waals surface area contributed by atoms with Crippen molar-refractivity contribution in [2.24, 2.45) is 0 Å². The second-order valence-corrected chi connectivity index (χ2v) is 20.2. The zero-order valence-corrected chi connectivity index (χ0v) is 35.6. The van der Waals surface area contributed by atoms with Crippen LogP contribution in [0, 0.1) is 0 Å². The lowest BCUT2D eigenvalue weighted by molar-refractivity contribution is 1.17. The molecule has 0 amide bonds. The first-order chi connectivity index (χ1) is 31.3. The summed E-state index contributed by atoms with van der Waals surface area (Å²) in [6, 6.07) is 94.3. The van der Waals surface area contributed by atoms with Crippen LogP contribution in [0.2, 0.25) is 0 Å². The maximum Gasteiger partial charge on any atom is 0.181 e. The molecule has 0 spiro atoms. The van der Waals surface area contributed by atoms with E-state index in [2.05, 4.69) is 264 Å². The van der Waals surface area contributed by atoms with E-state index in [4.69, 9.17) is 0 Å². The highest BCUT2D eigenvalue weighted by atomic mass is 28.3. The molecule has 0 unspecified atom stereocenters. The zero-order chi connectivity index (χ0) is 41.7. The van der Waals surface area contributed by atoms with Crippen LogP contribution in [0.15, 0.2) is 255 Å². The predicted octanol–water partition coefficient (Wildman–Crippen LogP) is 12.6. The third-order valence-electron chi connectivity index (χ3n) is 13.1. The average molecular weight is 819 g/mol. The maximum atomic E-state index is 2.56. The van der Waals surface area contributed by atoms with Gasteiger partial charge in [0.05, 0.1) is 22.1 Å². The van der Waals surface area contributed by atoms with Gasteiger partial charge in [-0.25, -0.2) is 0 Å². The first kappa shape index (κ1) is 36.8. The van der Waals surface area contributed by atoms with Crippen molar-refractivity contribution >= 4 is 72.4 Å². The van der Waals surface area contributed by atoms with Crippen molar-refractivity contribution < 1.29 is 0 Å². The Labute approximate surface area is 368 Å². The van der Waals surface area contributed by atoms with Gasteiger partial charge < -0.3 is 9.13 Å². The minimum absolute atomic E-state index is 1.14. The summed E-state index contributed by atoms with van der Waals surface area (Å²) < 4.78 is 5.01. The lowest BCUT2D eigenvalue weighted by atomic mass is 9.94. The molecule has 2 nitrogen and oxygen atoms in total. The molecule has 12 rings (SSSR count). The molecular formula is C60H42N2Si. The fourth-order valence-electron chi connectivity index (χ4n) is 10.4. The van der Waals surface area contributed by atoms with Crippen LogP contribution in [-0.2, 0) is 0 Å². The van der Waals surface area contributed by atoms with E-state index in [1.165, 1.54) is 86.6 Å². The third kappa shape index (κ3) is 5.85. The van der Waals surface area contributed by atoms with Crippen LogP contribution in [0.25, 0.3) is 77.2 Å². The molecule has 2 heterocycles. The highest BCUT2D eigenvalue weighted by Gasteiger charge is 2.43. The topological polar surface area (TPSA) is 9.86 Å². The molecule has 12 aromatic rings. The largest absolute Gasteiger partial charge is 0.309 e. The first-order valence-electron chi connectivity index (χ1n) is 21.8. The number of hydrogen-bond donors (Lipinski definition) is 0. The molecular weight excluding hydrogens is 777 g/mol. The van der Waals surface area contributed by atoms with Gasteiger partial charge in [-0.3, -0.25) is 0 Å². The minimum Gasteiger partial charge on any atom is -0.309 e. The van der Waals surface area contributed by atoms with Crippen LogP contribution in [0.5, 0.6) is 0 Å². The van der Waals surface area contributed by atoms with Crippen LogP contribution < -0.4 is 20.7 Å². The van der Waals surface area contributed by atoms with Gasteiger partial charge in [0.1, 0.15) is 0 Å². The van der Waals surface area contributed by atoms with Gasteiger partial charge in [0.25, 0.3) is 0 Å². The second kappa shape index (κ2) is 15.2. The number of benzene rings is 10. The lowest BCUT2D eigenvalue weighted by Crippen LogP contribution is -2.75. The quantitative estimate of drug-likeness (QED) is 0.107. The molecule has 0 aliphatic rings. The van der Waals surface area contributed by atoms with Gasteiger partial charge in [0, 0.05) is 32.9 Å². The minimum atomic E-state index is -2.92. The summed E-state index contributed by atoms with van der Waals surface area (Å²) in [5.74, 6) is 0. The summed E-state index contributed by atoms with van der Waals surface area (Å²) in [6.07, 6.45) is 0. The van der Waals surface area contributed by atoms with Gasteiger partial charge in [0.2, 0.25) is 0 Å². The van der Waals surface area contributed by atoms with E-state index in [-0.39, 0.29) is 0 Å². The Morgan fingerprint density at radius 1 is 0.270 bits per heavy atom. The molecule has 0 fully saturated rings. The lowest BCUT2D eigenvalue weighted by Gasteiger charge is -2.35. The molecule has 2 aromatic heterocycles. The van der Waals surface area contributed by atoms with Crippen LogP contribution in [0.4, 0.5) is 0 Å². The van der Waals surface area contributed by atoms with E-state index in [0.29, 0.717) is 0 Å². The van der Waals surface area contributed by atoms with Crippen LogP contribution in [-0.4, -0.2) is 17.2 Å². The molecule has 0 saturated carbocycles. The Kier molecular flexibility index (Phi) is 8.87. The summed E-state index contributed by atoms with van der Waals surface area (Å²) in [7, 11) is -2.92. The SMILES string of the molecule is c1ccc(-c2ccc(-n3c4ccccc4c4cc(-n5c6ccccc6c6cccc([Si](c7ccccc7)(c7ccccc7)c7ccccc7)c65)ccc43)cc2-c2ccccc2)cc1. The average Bonchev–Trinajstić information content (AvgIpc) is 3.89. The standard InChI is InChI=1S/C60H42N2Si/c1-6-21-43(22-7-1)50-39-37-45(41-54(50)44-23-8-2-9-24-44)61-56-34-18-17-32-52(56)55-42-46(38-40-58(55)61)62-57-35-19-16-31-51(57)53-33-20-36-59(60(53)62)63(47-25-10-3-11-26-47,48-27-12-4-13-28-48)49-29-14-5-15-30-49/h1-42H. The summed E-state index contributed by atoms with van der Waals surface area (Å²) in [6.45, 7) is 0. The summed E-state index contributed by atoms with van der Waals surface area (Å²) in [5, 5.41) is 10.4. The molecule has 3 heteroatoms. The maximum absolute atomic E-state index is 2.92. The Morgan fingerprint density at radius 2 is 0.698 bits per heavy atom. The number of rotatable bonds is 8. The van der Waals surface area contributed by atoms with Gasteiger partial charge in [-0.15, -0.1) is 0 Å². The fraction of sp³-hybridized carbons (Fsp3) is 0. The highest BCUT2D eigenvalue weighted by molar-refractivity contribution is 7.20. The predicted molar refractivity (Wildman–Crippen MR) is 270 cm³/mol. The van der Waals surface area contributed by atoms with E-state index in [1.54, 1.807) is 0 Å². The Balaban J connectivity index is 1.14. The number of hydrogen-bond acceptors (Lipinski definition) is 0. The van der Waals surface area contributed by atoms with Crippen molar-refractivity contribution in [3.63, 3.8) is 0 Å². The number of aromatic nitrogens is 2. The molecule has 0 bridgehead atoms. The molecule has 0 aliphatic heterocycles. The molecule has 0 atom stereocenters. The molecule has 0 saturated heterocycles. The zero-order valence-electron chi connectivity index (χ0n) is 34.6. The first-order valence-corrected chi connectivity index (χ1v) is 23.8. The van der Waals surface area contributed by atoms with Crippen LogP contribution in [0.3, 0.4) is 0 Å².